The molecule has 5 heteroatoms. The molecule has 0 heterocycles. The van der Waals surface area contributed by atoms with E-state index < -0.39 is 12.2 Å². The van der Waals surface area contributed by atoms with Crippen molar-refractivity contribution < 1.29 is 14.3 Å². The molecular weight excluding hydrogens is 184 g/mol. The summed E-state index contributed by atoms with van der Waals surface area (Å²) in [7, 11) is 1.67. The summed E-state index contributed by atoms with van der Waals surface area (Å²) < 4.78 is 4.68. The molecular formula is C9H18N2O3. The van der Waals surface area contributed by atoms with E-state index >= 15 is 0 Å². The summed E-state index contributed by atoms with van der Waals surface area (Å²) in [6, 6.07) is 0.0769. The predicted molar refractivity (Wildman–Crippen MR) is 52.7 cm³/mol. The molecule has 2 N–H and O–H groups in total. The van der Waals surface area contributed by atoms with Gasteiger partial charge in [-0.05, 0) is 20.3 Å². The minimum atomic E-state index is -0.914. The number of rotatable bonds is 4. The van der Waals surface area contributed by atoms with Crippen molar-refractivity contribution in [2.24, 2.45) is 5.73 Å². The van der Waals surface area contributed by atoms with Gasteiger partial charge in [-0.3, -0.25) is 4.79 Å². The summed E-state index contributed by atoms with van der Waals surface area (Å²) in [6.45, 7) is 5.53. The molecule has 82 valence electrons. The first-order valence-corrected chi connectivity index (χ1v) is 4.62. The highest BCUT2D eigenvalue weighted by Crippen LogP contribution is 2.05. The first-order chi connectivity index (χ1) is 6.40. The molecule has 2 amide bonds. The summed E-state index contributed by atoms with van der Waals surface area (Å²) in [4.78, 5) is 23.7. The molecule has 0 rings (SSSR count). The van der Waals surface area contributed by atoms with Crippen LogP contribution in [0.3, 0.4) is 0 Å². The van der Waals surface area contributed by atoms with Crippen molar-refractivity contribution in [3.8, 4) is 0 Å². The normalized spacial score (nSPS) is 12.4. The number of nitrogens with zero attached hydrogens (tertiary/aromatic N) is 1. The zero-order valence-corrected chi connectivity index (χ0v) is 9.11. The van der Waals surface area contributed by atoms with Gasteiger partial charge in [-0.1, -0.05) is 6.92 Å². The number of nitrogens with two attached hydrogens (primary N) is 1. The maximum Gasteiger partial charge on any atom is 0.405 e. The summed E-state index contributed by atoms with van der Waals surface area (Å²) in [5, 5.41) is 0. The van der Waals surface area contributed by atoms with Crippen molar-refractivity contribution in [1.29, 1.82) is 0 Å². The Kier molecular flexibility index (Phi) is 4.97. The number of likely N-dealkylation sites (N-methyl/N-ethyl adjacent to an activating group) is 1. The van der Waals surface area contributed by atoms with Crippen LogP contribution in [-0.4, -0.2) is 36.1 Å². The number of ether oxygens (including phenoxy) is 1. The number of amides is 2. The van der Waals surface area contributed by atoms with Crippen molar-refractivity contribution >= 4 is 12.0 Å². The Balaban J connectivity index is 4.38. The highest BCUT2D eigenvalue weighted by atomic mass is 16.6. The van der Waals surface area contributed by atoms with Crippen LogP contribution in [0.5, 0.6) is 0 Å². The van der Waals surface area contributed by atoms with Crippen LogP contribution >= 0.6 is 0 Å². The molecule has 0 saturated carbocycles. The smallest absolute Gasteiger partial charge is 0.405 e. The van der Waals surface area contributed by atoms with Crippen LogP contribution < -0.4 is 5.73 Å². The minimum Gasteiger partial charge on any atom is -0.436 e. The third kappa shape index (κ3) is 3.64. The quantitative estimate of drug-likeness (QED) is 0.730. The largest absolute Gasteiger partial charge is 0.436 e. The highest BCUT2D eigenvalue weighted by Gasteiger charge is 2.24. The molecule has 0 aromatic heterocycles. The standard InChI is InChI=1S/C9H18N2O3/c1-5-7(14-9(10)13)8(12)11(4)6(2)3/h6-7H,5H2,1-4H3,(H2,10,13). The molecule has 1 unspecified atom stereocenters. The van der Waals surface area contributed by atoms with Crippen LogP contribution in [0.4, 0.5) is 4.79 Å². The van der Waals surface area contributed by atoms with Crippen LogP contribution in [-0.2, 0) is 9.53 Å². The molecule has 0 fully saturated rings. The fraction of sp³-hybridized carbons (Fsp3) is 0.778. The zero-order chi connectivity index (χ0) is 11.3. The van der Waals surface area contributed by atoms with Gasteiger partial charge in [0.1, 0.15) is 0 Å². The van der Waals surface area contributed by atoms with Gasteiger partial charge in [0.25, 0.3) is 5.91 Å². The van der Waals surface area contributed by atoms with Gasteiger partial charge in [-0.25, -0.2) is 4.79 Å². The molecule has 0 spiro atoms. The Hall–Kier alpha value is -1.26. The first kappa shape index (κ1) is 12.7. The van der Waals surface area contributed by atoms with Gasteiger partial charge < -0.3 is 15.4 Å². The highest BCUT2D eigenvalue weighted by molar-refractivity contribution is 5.83. The van der Waals surface area contributed by atoms with Gasteiger partial charge >= 0.3 is 6.09 Å². The van der Waals surface area contributed by atoms with E-state index in [0.29, 0.717) is 6.42 Å². The predicted octanol–water partition coefficient (Wildman–Crippen LogP) is 0.727. The summed E-state index contributed by atoms with van der Waals surface area (Å²) in [5.74, 6) is -0.221. The molecule has 0 aromatic rings. The van der Waals surface area contributed by atoms with Crippen molar-refractivity contribution in [2.75, 3.05) is 7.05 Å². The second-order valence-electron chi connectivity index (χ2n) is 3.38. The minimum absolute atomic E-state index is 0.0769. The van der Waals surface area contributed by atoms with E-state index in [0.717, 1.165) is 0 Å². The number of carbonyl (C=O) groups is 2. The van der Waals surface area contributed by atoms with Gasteiger partial charge in [-0.2, -0.15) is 0 Å². The lowest BCUT2D eigenvalue weighted by molar-refractivity contribution is -0.140. The van der Waals surface area contributed by atoms with Crippen LogP contribution in [0.2, 0.25) is 0 Å². The fourth-order valence-corrected chi connectivity index (χ4v) is 0.930. The molecule has 0 aromatic carbocycles. The van der Waals surface area contributed by atoms with E-state index in [1.807, 2.05) is 13.8 Å². The lowest BCUT2D eigenvalue weighted by atomic mass is 10.2. The number of primary amides is 1. The number of hydrogen-bond donors (Lipinski definition) is 1. The van der Waals surface area contributed by atoms with Crippen molar-refractivity contribution in [2.45, 2.75) is 39.3 Å². The van der Waals surface area contributed by atoms with Crippen molar-refractivity contribution in [3.05, 3.63) is 0 Å². The van der Waals surface area contributed by atoms with E-state index in [-0.39, 0.29) is 11.9 Å². The van der Waals surface area contributed by atoms with E-state index in [1.54, 1.807) is 14.0 Å². The van der Waals surface area contributed by atoms with Crippen LogP contribution in [0.1, 0.15) is 27.2 Å². The molecule has 0 bridgehead atoms. The van der Waals surface area contributed by atoms with Gasteiger partial charge in [0, 0.05) is 13.1 Å². The Morgan fingerprint density at radius 2 is 1.93 bits per heavy atom. The Labute approximate surface area is 84.2 Å². The van der Waals surface area contributed by atoms with Gasteiger partial charge in [0.2, 0.25) is 0 Å². The third-order valence-corrected chi connectivity index (χ3v) is 2.03. The topological polar surface area (TPSA) is 72.6 Å². The molecule has 0 saturated heterocycles. The van der Waals surface area contributed by atoms with Crippen molar-refractivity contribution in [1.82, 2.24) is 4.90 Å². The molecule has 0 aliphatic heterocycles. The molecule has 1 atom stereocenters. The fourth-order valence-electron chi connectivity index (χ4n) is 0.930. The van der Waals surface area contributed by atoms with E-state index in [9.17, 15) is 9.59 Å². The van der Waals surface area contributed by atoms with Gasteiger partial charge in [-0.15, -0.1) is 0 Å². The monoisotopic (exact) mass is 202 g/mol. The average molecular weight is 202 g/mol. The van der Waals surface area contributed by atoms with Crippen LogP contribution in [0.15, 0.2) is 0 Å². The maximum atomic E-state index is 11.6. The van der Waals surface area contributed by atoms with Crippen LogP contribution in [0, 0.1) is 0 Å². The summed E-state index contributed by atoms with van der Waals surface area (Å²) in [6.07, 6.45) is -1.25. The molecule has 0 aliphatic rings. The second-order valence-corrected chi connectivity index (χ2v) is 3.38. The van der Waals surface area contributed by atoms with E-state index in [4.69, 9.17) is 5.73 Å². The summed E-state index contributed by atoms with van der Waals surface area (Å²) in [5.41, 5.74) is 4.85. The Morgan fingerprint density at radius 3 is 2.21 bits per heavy atom. The Bertz CT molecular complexity index is 216. The molecule has 0 radical (unpaired) electrons. The SMILES string of the molecule is CCC(OC(N)=O)C(=O)N(C)C(C)C. The Morgan fingerprint density at radius 1 is 1.43 bits per heavy atom. The molecule has 0 aliphatic carbocycles. The van der Waals surface area contributed by atoms with Crippen LogP contribution in [0.25, 0.3) is 0 Å². The van der Waals surface area contributed by atoms with E-state index in [1.165, 1.54) is 4.90 Å². The molecule has 14 heavy (non-hydrogen) atoms. The van der Waals surface area contributed by atoms with Gasteiger partial charge in [0.15, 0.2) is 6.10 Å². The maximum absolute atomic E-state index is 11.6. The van der Waals surface area contributed by atoms with Gasteiger partial charge in [0.05, 0.1) is 0 Å². The number of carbonyl (C=O) groups excluding carboxylic acids is 2. The zero-order valence-electron chi connectivity index (χ0n) is 9.11. The lowest BCUT2D eigenvalue weighted by Crippen LogP contribution is -2.42. The third-order valence-electron chi connectivity index (χ3n) is 2.03. The molecule has 5 nitrogen and oxygen atoms in total. The van der Waals surface area contributed by atoms with E-state index in [2.05, 4.69) is 4.74 Å². The second kappa shape index (κ2) is 5.47. The first-order valence-electron chi connectivity index (χ1n) is 4.62. The van der Waals surface area contributed by atoms with Crippen molar-refractivity contribution in [3.63, 3.8) is 0 Å². The lowest BCUT2D eigenvalue weighted by Gasteiger charge is -2.25. The average Bonchev–Trinajstić information content (AvgIpc) is 2.11. The number of hydrogen-bond acceptors (Lipinski definition) is 3. The summed E-state index contributed by atoms with van der Waals surface area (Å²) >= 11 is 0.